The first-order chi connectivity index (χ1) is 8.91. The molecule has 0 spiro atoms. The maximum atomic E-state index is 11.6. The molecule has 1 aromatic rings. The van der Waals surface area contributed by atoms with Crippen LogP contribution in [0, 0.1) is 0 Å². The van der Waals surface area contributed by atoms with Gasteiger partial charge in [-0.3, -0.25) is 0 Å². The summed E-state index contributed by atoms with van der Waals surface area (Å²) in [4.78, 5) is 13.0. The van der Waals surface area contributed by atoms with Crippen LogP contribution in [0.5, 0.6) is 0 Å². The number of rotatable bonds is 2. The standard InChI is InChI=1S/C12H16N2O4S/c13-10-4-1-3-9(12(15)16)11(10)14-5-2-7-19(17,18)8-6-14/h1,3-4H,2,5-8,13H2,(H,15,16). The van der Waals surface area contributed by atoms with Crippen LogP contribution >= 0.6 is 0 Å². The Hall–Kier alpha value is -1.76. The van der Waals surface area contributed by atoms with E-state index in [1.165, 1.54) is 6.07 Å². The quantitative estimate of drug-likeness (QED) is 0.771. The Bertz CT molecular complexity index is 598. The lowest BCUT2D eigenvalue weighted by Gasteiger charge is -2.25. The van der Waals surface area contributed by atoms with Crippen LogP contribution in [0.1, 0.15) is 16.8 Å². The molecule has 6 nitrogen and oxygen atoms in total. The minimum atomic E-state index is -3.04. The van der Waals surface area contributed by atoms with E-state index in [4.69, 9.17) is 5.73 Å². The van der Waals surface area contributed by atoms with Crippen LogP contribution in [0.3, 0.4) is 0 Å². The van der Waals surface area contributed by atoms with Crippen LogP contribution in [-0.2, 0) is 9.84 Å². The van der Waals surface area contributed by atoms with Crippen LogP contribution in [0.15, 0.2) is 18.2 Å². The molecule has 0 atom stereocenters. The predicted molar refractivity (Wildman–Crippen MR) is 73.3 cm³/mol. The second-order valence-electron chi connectivity index (χ2n) is 4.54. The zero-order valence-electron chi connectivity index (χ0n) is 10.4. The number of hydrogen-bond donors (Lipinski definition) is 2. The van der Waals surface area contributed by atoms with Crippen LogP contribution in [-0.4, -0.2) is 44.1 Å². The molecule has 1 fully saturated rings. The average molecular weight is 284 g/mol. The van der Waals surface area contributed by atoms with Gasteiger partial charge < -0.3 is 15.7 Å². The van der Waals surface area contributed by atoms with Gasteiger partial charge in [0.2, 0.25) is 0 Å². The van der Waals surface area contributed by atoms with Crippen LogP contribution in [0.2, 0.25) is 0 Å². The maximum Gasteiger partial charge on any atom is 0.337 e. The zero-order valence-corrected chi connectivity index (χ0v) is 11.2. The summed E-state index contributed by atoms with van der Waals surface area (Å²) in [5, 5.41) is 9.19. The lowest BCUT2D eigenvalue weighted by molar-refractivity contribution is 0.0697. The smallest absolute Gasteiger partial charge is 0.337 e. The monoisotopic (exact) mass is 284 g/mol. The first-order valence-corrected chi connectivity index (χ1v) is 7.80. The van der Waals surface area contributed by atoms with Gasteiger partial charge in [-0.1, -0.05) is 6.07 Å². The van der Waals surface area contributed by atoms with E-state index >= 15 is 0 Å². The van der Waals surface area contributed by atoms with Crippen molar-refractivity contribution in [3.05, 3.63) is 23.8 Å². The predicted octanol–water partition coefficient (Wildman–Crippen LogP) is 0.592. The van der Waals surface area contributed by atoms with Crippen molar-refractivity contribution in [1.82, 2.24) is 0 Å². The summed E-state index contributed by atoms with van der Waals surface area (Å²) in [7, 11) is -3.04. The molecule has 19 heavy (non-hydrogen) atoms. The van der Waals surface area contributed by atoms with Gasteiger partial charge in [0.15, 0.2) is 9.84 Å². The number of nitrogens with two attached hydrogens (primary N) is 1. The van der Waals surface area contributed by atoms with Crippen molar-refractivity contribution in [1.29, 1.82) is 0 Å². The lowest BCUT2D eigenvalue weighted by Crippen LogP contribution is -2.29. The molecule has 104 valence electrons. The van der Waals surface area contributed by atoms with Crippen LogP contribution in [0.25, 0.3) is 0 Å². The minimum absolute atomic E-state index is 0.0282. The van der Waals surface area contributed by atoms with Gasteiger partial charge in [0, 0.05) is 13.1 Å². The summed E-state index contributed by atoms with van der Waals surface area (Å²) in [6.07, 6.45) is 0.482. The Morgan fingerprint density at radius 3 is 2.68 bits per heavy atom. The van der Waals surface area contributed by atoms with Gasteiger partial charge in [-0.2, -0.15) is 0 Å². The minimum Gasteiger partial charge on any atom is -0.478 e. The van der Waals surface area contributed by atoms with E-state index in [0.29, 0.717) is 24.3 Å². The highest BCUT2D eigenvalue weighted by atomic mass is 32.2. The second-order valence-corrected chi connectivity index (χ2v) is 6.84. The normalized spacial score (nSPS) is 18.8. The number of nitrogen functional groups attached to an aromatic ring is 1. The van der Waals surface area contributed by atoms with E-state index in [0.717, 1.165) is 0 Å². The molecule has 0 saturated carbocycles. The van der Waals surface area contributed by atoms with Crippen molar-refractivity contribution in [2.45, 2.75) is 6.42 Å². The molecule has 2 rings (SSSR count). The fourth-order valence-corrected chi connectivity index (χ4v) is 3.52. The Morgan fingerprint density at radius 2 is 2.00 bits per heavy atom. The zero-order chi connectivity index (χ0) is 14.0. The van der Waals surface area contributed by atoms with Crippen molar-refractivity contribution in [3.8, 4) is 0 Å². The van der Waals surface area contributed by atoms with Crippen molar-refractivity contribution in [3.63, 3.8) is 0 Å². The molecule has 0 amide bonds. The summed E-state index contributed by atoms with van der Waals surface area (Å²) in [5.41, 5.74) is 6.75. The molecule has 1 aromatic carbocycles. The summed E-state index contributed by atoms with van der Waals surface area (Å²) in [5.74, 6) is -0.895. The molecule has 0 aromatic heterocycles. The van der Waals surface area contributed by atoms with Gasteiger partial charge in [-0.15, -0.1) is 0 Å². The Labute approximate surface area is 111 Å². The van der Waals surface area contributed by atoms with Gasteiger partial charge in [0.1, 0.15) is 0 Å². The van der Waals surface area contributed by atoms with Crippen LogP contribution in [0.4, 0.5) is 11.4 Å². The third kappa shape index (κ3) is 2.98. The van der Waals surface area contributed by atoms with E-state index in [1.807, 2.05) is 0 Å². The summed E-state index contributed by atoms with van der Waals surface area (Å²) < 4.78 is 23.2. The highest BCUT2D eigenvalue weighted by Crippen LogP contribution is 2.29. The fraction of sp³-hybridized carbons (Fsp3) is 0.417. The molecule has 0 radical (unpaired) electrons. The van der Waals surface area contributed by atoms with Crippen molar-refractivity contribution in [2.24, 2.45) is 0 Å². The van der Waals surface area contributed by atoms with E-state index < -0.39 is 15.8 Å². The first-order valence-electron chi connectivity index (χ1n) is 5.98. The topological polar surface area (TPSA) is 101 Å². The number of anilines is 2. The average Bonchev–Trinajstić information content (AvgIpc) is 2.50. The molecule has 0 bridgehead atoms. The van der Waals surface area contributed by atoms with Crippen molar-refractivity contribution >= 4 is 27.2 Å². The highest BCUT2D eigenvalue weighted by Gasteiger charge is 2.24. The third-order valence-corrected chi connectivity index (χ3v) is 4.88. The van der Waals surface area contributed by atoms with Gasteiger partial charge in [0.05, 0.1) is 28.4 Å². The summed E-state index contributed by atoms with van der Waals surface area (Å²) >= 11 is 0. The fourth-order valence-electron chi connectivity index (χ4n) is 2.25. The SMILES string of the molecule is Nc1cccc(C(=O)O)c1N1CCCS(=O)(=O)CC1. The number of carbonyl (C=O) groups is 1. The number of sulfone groups is 1. The third-order valence-electron chi connectivity index (χ3n) is 3.17. The van der Waals surface area contributed by atoms with Crippen molar-refractivity contribution < 1.29 is 18.3 Å². The molecular formula is C12H16N2O4S. The Balaban J connectivity index is 2.39. The maximum absolute atomic E-state index is 11.6. The van der Waals surface area contributed by atoms with Crippen molar-refractivity contribution in [2.75, 3.05) is 35.2 Å². The van der Waals surface area contributed by atoms with Gasteiger partial charge in [0.25, 0.3) is 0 Å². The number of aromatic carboxylic acids is 1. The molecule has 1 heterocycles. The molecular weight excluding hydrogens is 268 g/mol. The molecule has 1 saturated heterocycles. The van der Waals surface area contributed by atoms with Gasteiger partial charge in [-0.25, -0.2) is 13.2 Å². The number of para-hydroxylation sites is 1. The van der Waals surface area contributed by atoms with Gasteiger partial charge in [-0.05, 0) is 18.6 Å². The molecule has 7 heteroatoms. The summed E-state index contributed by atoms with van der Waals surface area (Å²) in [6.45, 7) is 0.768. The van der Waals surface area contributed by atoms with Gasteiger partial charge >= 0.3 is 5.97 Å². The molecule has 1 aliphatic heterocycles. The van der Waals surface area contributed by atoms with Crippen LogP contribution < -0.4 is 10.6 Å². The molecule has 1 aliphatic rings. The molecule has 0 aliphatic carbocycles. The van der Waals surface area contributed by atoms with E-state index in [-0.39, 0.29) is 23.6 Å². The lowest BCUT2D eigenvalue weighted by atomic mass is 10.1. The number of hydrogen-bond acceptors (Lipinski definition) is 5. The highest BCUT2D eigenvalue weighted by molar-refractivity contribution is 7.91. The first kappa shape index (κ1) is 13.7. The Morgan fingerprint density at radius 1 is 1.26 bits per heavy atom. The van der Waals surface area contributed by atoms with E-state index in [1.54, 1.807) is 17.0 Å². The van der Waals surface area contributed by atoms with E-state index in [2.05, 4.69) is 0 Å². The Kier molecular flexibility index (Phi) is 3.66. The second kappa shape index (κ2) is 5.08. The number of carboxylic acids is 1. The van der Waals surface area contributed by atoms with E-state index in [9.17, 15) is 18.3 Å². The molecule has 3 N–H and O–H groups in total. The number of carboxylic acid groups (broad SMARTS) is 1. The number of benzene rings is 1. The largest absolute Gasteiger partial charge is 0.478 e. The summed E-state index contributed by atoms with van der Waals surface area (Å²) in [6, 6.07) is 4.69. The molecule has 0 unspecified atom stereocenters. The number of nitrogens with zero attached hydrogens (tertiary/aromatic N) is 1.